The lowest BCUT2D eigenvalue weighted by Gasteiger charge is -2.19. The molecule has 0 spiro atoms. The van der Waals surface area contributed by atoms with Gasteiger partial charge in [-0.3, -0.25) is 0 Å². The van der Waals surface area contributed by atoms with E-state index in [-0.39, 0.29) is 0 Å². The molecule has 0 saturated carbocycles. The average Bonchev–Trinajstić information content (AvgIpc) is 3.11. The highest BCUT2D eigenvalue weighted by Gasteiger charge is 2.17. The van der Waals surface area contributed by atoms with Crippen LogP contribution < -0.4 is 0 Å². The largest absolute Gasteiger partial charge is 0.0616 e. The zero-order valence-electron chi connectivity index (χ0n) is 30.7. The van der Waals surface area contributed by atoms with E-state index >= 15 is 0 Å². The summed E-state index contributed by atoms with van der Waals surface area (Å²) in [5.41, 5.74) is 25.3. The molecular formula is C50H46. The Kier molecular flexibility index (Phi) is 8.89. The van der Waals surface area contributed by atoms with Gasteiger partial charge >= 0.3 is 0 Å². The average molecular weight is 647 g/mol. The van der Waals surface area contributed by atoms with Gasteiger partial charge in [-0.15, -0.1) is 0 Å². The first kappa shape index (κ1) is 33.1. The Bertz CT molecular complexity index is 2280. The zero-order valence-corrected chi connectivity index (χ0v) is 30.7. The SMILES string of the molecule is Cc1ccc(-c2cc(-c3ccccc3-c3ccc(C)c(C)c3)cc(-c3ccc(C)cc3-c3ccc(C)c(C)c3)c2)c(-c2ccc(C)c(C)c2)c1. The molecule has 0 amide bonds. The molecule has 0 atom stereocenters. The molecule has 50 heavy (non-hydrogen) atoms. The normalized spacial score (nSPS) is 11.2. The predicted octanol–water partition coefficient (Wildman–Crippen LogP) is 14.2. The minimum atomic E-state index is 1.21. The van der Waals surface area contributed by atoms with E-state index in [1.807, 2.05) is 0 Å². The van der Waals surface area contributed by atoms with E-state index in [9.17, 15) is 0 Å². The van der Waals surface area contributed by atoms with E-state index in [1.165, 1.54) is 111 Å². The third kappa shape index (κ3) is 6.47. The van der Waals surface area contributed by atoms with Crippen LogP contribution in [0, 0.1) is 55.4 Å². The molecule has 0 nitrogen and oxygen atoms in total. The van der Waals surface area contributed by atoms with Crippen molar-refractivity contribution in [3.8, 4) is 66.8 Å². The fourth-order valence-corrected chi connectivity index (χ4v) is 7.10. The third-order valence-corrected chi connectivity index (χ3v) is 10.6. The molecule has 246 valence electrons. The van der Waals surface area contributed by atoms with Crippen molar-refractivity contribution in [2.45, 2.75) is 55.4 Å². The molecule has 0 unspecified atom stereocenters. The Balaban J connectivity index is 1.52. The summed E-state index contributed by atoms with van der Waals surface area (Å²) in [7, 11) is 0. The van der Waals surface area contributed by atoms with Crippen LogP contribution in [-0.2, 0) is 0 Å². The fraction of sp³-hybridized carbons (Fsp3) is 0.160. The first-order valence-electron chi connectivity index (χ1n) is 17.7. The molecule has 0 aliphatic heterocycles. The number of rotatable bonds is 6. The van der Waals surface area contributed by atoms with Crippen molar-refractivity contribution >= 4 is 0 Å². The monoisotopic (exact) mass is 646 g/mol. The minimum Gasteiger partial charge on any atom is -0.0616 e. The standard InChI is InChI=1S/C50H46/c1-31-13-21-47(49(23-31)40-19-16-34(4)37(7)26-40)43-28-42(46-12-10-9-11-45(46)39-18-15-33(3)36(6)25-39)29-44(30-43)48-22-14-32(2)24-50(48)41-20-17-35(5)38(8)27-41/h9-30H,1-8H3. The van der Waals surface area contributed by atoms with E-state index in [4.69, 9.17) is 0 Å². The number of hydrogen-bond donors (Lipinski definition) is 0. The van der Waals surface area contributed by atoms with Crippen molar-refractivity contribution in [1.29, 1.82) is 0 Å². The summed E-state index contributed by atoms with van der Waals surface area (Å²) >= 11 is 0. The lowest BCUT2D eigenvalue weighted by atomic mass is 9.85. The van der Waals surface area contributed by atoms with Crippen LogP contribution in [0.25, 0.3) is 66.8 Å². The van der Waals surface area contributed by atoms with Gasteiger partial charge in [0, 0.05) is 0 Å². The number of aryl methyl sites for hydroxylation is 8. The predicted molar refractivity (Wildman–Crippen MR) is 217 cm³/mol. The second-order valence-electron chi connectivity index (χ2n) is 14.3. The molecule has 7 aromatic rings. The maximum Gasteiger partial charge on any atom is -0.0103 e. The van der Waals surface area contributed by atoms with E-state index in [1.54, 1.807) is 0 Å². The van der Waals surface area contributed by atoms with Crippen molar-refractivity contribution in [3.63, 3.8) is 0 Å². The Morgan fingerprint density at radius 1 is 0.220 bits per heavy atom. The topological polar surface area (TPSA) is 0 Å². The minimum absolute atomic E-state index is 1.21. The van der Waals surface area contributed by atoms with Gasteiger partial charge in [-0.05, 0) is 174 Å². The Labute approximate surface area is 299 Å². The molecule has 0 radical (unpaired) electrons. The van der Waals surface area contributed by atoms with Gasteiger partial charge in [-0.25, -0.2) is 0 Å². The van der Waals surface area contributed by atoms with Crippen molar-refractivity contribution in [2.24, 2.45) is 0 Å². The van der Waals surface area contributed by atoms with Crippen LogP contribution in [0.3, 0.4) is 0 Å². The van der Waals surface area contributed by atoms with Gasteiger partial charge in [0.2, 0.25) is 0 Å². The molecule has 0 heterocycles. The van der Waals surface area contributed by atoms with Crippen LogP contribution >= 0.6 is 0 Å². The molecule has 0 saturated heterocycles. The third-order valence-electron chi connectivity index (χ3n) is 10.6. The van der Waals surface area contributed by atoms with Crippen LogP contribution in [0.4, 0.5) is 0 Å². The van der Waals surface area contributed by atoms with Crippen LogP contribution in [0.1, 0.15) is 44.5 Å². The van der Waals surface area contributed by atoms with E-state index < -0.39 is 0 Å². The maximum atomic E-state index is 2.41. The molecule has 0 aliphatic rings. The Hall–Kier alpha value is -5.46. The number of benzene rings is 7. The van der Waals surface area contributed by atoms with E-state index in [0.29, 0.717) is 0 Å². The summed E-state index contributed by atoms with van der Waals surface area (Å²) in [4.78, 5) is 0. The molecule has 0 N–H and O–H groups in total. The molecule has 0 aliphatic carbocycles. The van der Waals surface area contributed by atoms with Crippen molar-refractivity contribution in [1.82, 2.24) is 0 Å². The lowest BCUT2D eigenvalue weighted by molar-refractivity contribution is 1.34. The van der Waals surface area contributed by atoms with Gasteiger partial charge in [-0.2, -0.15) is 0 Å². The molecule has 0 aromatic heterocycles. The van der Waals surface area contributed by atoms with Gasteiger partial charge in [0.05, 0.1) is 0 Å². The Morgan fingerprint density at radius 2 is 0.540 bits per heavy atom. The molecule has 0 fully saturated rings. The first-order chi connectivity index (χ1) is 24.0. The molecule has 7 aromatic carbocycles. The second kappa shape index (κ2) is 13.4. The second-order valence-corrected chi connectivity index (χ2v) is 14.3. The number of hydrogen-bond acceptors (Lipinski definition) is 0. The van der Waals surface area contributed by atoms with Gasteiger partial charge in [-0.1, -0.05) is 126 Å². The summed E-state index contributed by atoms with van der Waals surface area (Å²) in [5, 5.41) is 0. The van der Waals surface area contributed by atoms with Crippen LogP contribution in [0.2, 0.25) is 0 Å². The van der Waals surface area contributed by atoms with Crippen molar-refractivity contribution < 1.29 is 0 Å². The van der Waals surface area contributed by atoms with Crippen molar-refractivity contribution in [2.75, 3.05) is 0 Å². The fourth-order valence-electron chi connectivity index (χ4n) is 7.10. The quantitative estimate of drug-likeness (QED) is 0.169. The zero-order chi connectivity index (χ0) is 35.1. The molecule has 0 heteroatoms. The smallest absolute Gasteiger partial charge is 0.0103 e. The molecular weight excluding hydrogens is 601 g/mol. The highest BCUT2D eigenvalue weighted by Crippen LogP contribution is 2.43. The highest BCUT2D eigenvalue weighted by atomic mass is 14.2. The highest BCUT2D eigenvalue weighted by molar-refractivity contribution is 5.94. The summed E-state index contributed by atoms with van der Waals surface area (Å²) in [5.74, 6) is 0. The summed E-state index contributed by atoms with van der Waals surface area (Å²) in [6.07, 6.45) is 0. The van der Waals surface area contributed by atoms with Crippen molar-refractivity contribution in [3.05, 3.63) is 178 Å². The van der Waals surface area contributed by atoms with Gasteiger partial charge in [0.25, 0.3) is 0 Å². The van der Waals surface area contributed by atoms with E-state index in [2.05, 4.69) is 189 Å². The Morgan fingerprint density at radius 3 is 0.900 bits per heavy atom. The van der Waals surface area contributed by atoms with E-state index in [0.717, 1.165) is 0 Å². The van der Waals surface area contributed by atoms with Crippen LogP contribution in [0.5, 0.6) is 0 Å². The lowest BCUT2D eigenvalue weighted by Crippen LogP contribution is -1.94. The summed E-state index contributed by atoms with van der Waals surface area (Å²) < 4.78 is 0. The molecule has 7 rings (SSSR count). The van der Waals surface area contributed by atoms with Crippen LogP contribution in [-0.4, -0.2) is 0 Å². The maximum absolute atomic E-state index is 2.41. The summed E-state index contributed by atoms with van der Waals surface area (Å²) in [6.45, 7) is 17.6. The van der Waals surface area contributed by atoms with Gasteiger partial charge in [0.15, 0.2) is 0 Å². The molecule has 0 bridgehead atoms. The van der Waals surface area contributed by atoms with Crippen LogP contribution in [0.15, 0.2) is 133 Å². The van der Waals surface area contributed by atoms with Gasteiger partial charge in [0.1, 0.15) is 0 Å². The summed E-state index contributed by atoms with van der Waals surface area (Å²) in [6, 6.07) is 50.5. The first-order valence-corrected chi connectivity index (χ1v) is 17.7. The van der Waals surface area contributed by atoms with Gasteiger partial charge < -0.3 is 0 Å².